The molecular formula is C17H21N5O3S. The summed E-state index contributed by atoms with van der Waals surface area (Å²) in [5.41, 5.74) is 0.693. The van der Waals surface area contributed by atoms with Gasteiger partial charge in [0.25, 0.3) is 10.0 Å². The molecule has 0 aliphatic carbocycles. The van der Waals surface area contributed by atoms with Gasteiger partial charge in [-0.05, 0) is 31.9 Å². The van der Waals surface area contributed by atoms with Crippen LogP contribution in [0.5, 0.6) is 0 Å². The maximum Gasteiger partial charge on any atom is 0.285 e. The summed E-state index contributed by atoms with van der Waals surface area (Å²) in [6.45, 7) is 4.23. The summed E-state index contributed by atoms with van der Waals surface area (Å²) in [7, 11) is -1.65. The van der Waals surface area contributed by atoms with E-state index in [2.05, 4.69) is 19.4 Å². The lowest BCUT2D eigenvalue weighted by atomic mass is 10.0. The normalized spacial score (nSPS) is 20.0. The number of fused-ring (bicyclic) bond motifs is 1. The number of nitrogens with zero attached hydrogens (tertiary/aromatic N) is 5. The fourth-order valence-corrected chi connectivity index (χ4v) is 4.82. The van der Waals surface area contributed by atoms with E-state index in [1.165, 1.54) is 0 Å². The Morgan fingerprint density at radius 1 is 1.27 bits per heavy atom. The van der Waals surface area contributed by atoms with Gasteiger partial charge in [-0.15, -0.1) is 4.40 Å². The Hall–Kier alpha value is -2.26. The fourth-order valence-electron chi connectivity index (χ4n) is 3.58. The van der Waals surface area contributed by atoms with Crippen LogP contribution in [0.15, 0.2) is 38.1 Å². The van der Waals surface area contributed by atoms with Crippen molar-refractivity contribution in [2.75, 3.05) is 20.1 Å². The SMILES string of the molecule is Cc1noc(CN2CCC(N(C)C3=NS(=O)(=O)c4ccccc43)CC2)n1. The Kier molecular flexibility index (Phi) is 4.28. The van der Waals surface area contributed by atoms with Gasteiger partial charge in [-0.3, -0.25) is 4.90 Å². The standard InChI is InChI=1S/C17H21N5O3S/c1-12-18-16(25-19-12)11-22-9-7-13(8-10-22)21(2)17-14-5-3-4-6-15(14)26(23,24)20-17/h3-6,13H,7-11H2,1-2H3. The topological polar surface area (TPSA) is 91.9 Å². The summed E-state index contributed by atoms with van der Waals surface area (Å²) in [6, 6.07) is 7.26. The van der Waals surface area contributed by atoms with Crippen molar-refractivity contribution in [1.82, 2.24) is 19.9 Å². The van der Waals surface area contributed by atoms with Gasteiger partial charge in [0.05, 0.1) is 6.54 Å². The molecule has 138 valence electrons. The number of rotatable bonds is 3. The zero-order chi connectivity index (χ0) is 18.3. The third-order valence-corrected chi connectivity index (χ3v) is 6.31. The third-order valence-electron chi connectivity index (χ3n) is 4.98. The van der Waals surface area contributed by atoms with Crippen LogP contribution in [0.4, 0.5) is 0 Å². The highest BCUT2D eigenvalue weighted by Crippen LogP contribution is 2.29. The van der Waals surface area contributed by atoms with Crippen LogP contribution in [-0.4, -0.2) is 60.4 Å². The van der Waals surface area contributed by atoms with Crippen LogP contribution < -0.4 is 0 Å². The Morgan fingerprint density at radius 2 is 2.00 bits per heavy atom. The van der Waals surface area contributed by atoms with Crippen LogP contribution in [0, 0.1) is 6.92 Å². The molecule has 2 aliphatic heterocycles. The number of aromatic nitrogens is 2. The van der Waals surface area contributed by atoms with Crippen LogP contribution in [0.3, 0.4) is 0 Å². The summed E-state index contributed by atoms with van der Waals surface area (Å²) in [6.07, 6.45) is 1.84. The molecule has 0 saturated carbocycles. The smallest absolute Gasteiger partial charge is 0.285 e. The minimum Gasteiger partial charge on any atom is -0.355 e. The average Bonchev–Trinajstić information content (AvgIpc) is 3.16. The number of sulfonamides is 1. The van der Waals surface area contributed by atoms with Crippen molar-refractivity contribution < 1.29 is 12.9 Å². The maximum absolute atomic E-state index is 12.3. The summed E-state index contributed by atoms with van der Waals surface area (Å²) in [5.74, 6) is 1.83. The lowest BCUT2D eigenvalue weighted by Crippen LogP contribution is -2.45. The summed E-state index contributed by atoms with van der Waals surface area (Å²) >= 11 is 0. The van der Waals surface area contributed by atoms with Crippen molar-refractivity contribution in [3.05, 3.63) is 41.5 Å². The van der Waals surface area contributed by atoms with Crippen LogP contribution in [0.2, 0.25) is 0 Å². The molecule has 0 bridgehead atoms. The van der Waals surface area contributed by atoms with Gasteiger partial charge in [-0.25, -0.2) is 0 Å². The molecule has 0 spiro atoms. The van der Waals surface area contributed by atoms with Crippen molar-refractivity contribution in [3.63, 3.8) is 0 Å². The third kappa shape index (κ3) is 3.12. The van der Waals surface area contributed by atoms with E-state index in [0.29, 0.717) is 34.6 Å². The molecule has 1 aromatic carbocycles. The highest BCUT2D eigenvalue weighted by molar-refractivity contribution is 7.90. The second-order valence-corrected chi connectivity index (χ2v) is 8.31. The molecule has 1 fully saturated rings. The Bertz CT molecular complexity index is 945. The molecule has 0 N–H and O–H groups in total. The molecular weight excluding hydrogens is 354 g/mol. The van der Waals surface area contributed by atoms with Gasteiger partial charge in [0.15, 0.2) is 11.7 Å². The van der Waals surface area contributed by atoms with E-state index in [1.807, 2.05) is 31.0 Å². The van der Waals surface area contributed by atoms with Crippen molar-refractivity contribution in [2.24, 2.45) is 4.40 Å². The number of piperidine rings is 1. The van der Waals surface area contributed by atoms with Gasteiger partial charge in [-0.1, -0.05) is 17.3 Å². The predicted octanol–water partition coefficient (Wildman–Crippen LogP) is 1.42. The number of hydrogen-bond donors (Lipinski definition) is 0. The molecule has 0 radical (unpaired) electrons. The summed E-state index contributed by atoms with van der Waals surface area (Å²) in [4.78, 5) is 8.83. The molecule has 0 atom stereocenters. The number of amidine groups is 1. The van der Waals surface area contributed by atoms with E-state index in [1.54, 1.807) is 12.1 Å². The Balaban J connectivity index is 1.44. The van der Waals surface area contributed by atoms with E-state index < -0.39 is 10.0 Å². The van der Waals surface area contributed by atoms with E-state index in [9.17, 15) is 8.42 Å². The summed E-state index contributed by atoms with van der Waals surface area (Å²) in [5, 5.41) is 3.82. The van der Waals surface area contributed by atoms with Gasteiger partial charge in [0.2, 0.25) is 5.89 Å². The molecule has 9 heteroatoms. The first-order valence-electron chi connectivity index (χ1n) is 8.63. The molecule has 4 rings (SSSR count). The van der Waals surface area contributed by atoms with Crippen LogP contribution >= 0.6 is 0 Å². The molecule has 2 aliphatic rings. The number of aryl methyl sites for hydroxylation is 1. The van der Waals surface area contributed by atoms with Crippen molar-refractivity contribution in [3.8, 4) is 0 Å². The number of likely N-dealkylation sites (tertiary alicyclic amines) is 1. The van der Waals surface area contributed by atoms with Crippen molar-refractivity contribution >= 4 is 15.9 Å². The fraction of sp³-hybridized carbons (Fsp3) is 0.471. The van der Waals surface area contributed by atoms with Crippen molar-refractivity contribution in [2.45, 2.75) is 37.2 Å². The molecule has 8 nitrogen and oxygen atoms in total. The minimum atomic E-state index is -3.58. The summed E-state index contributed by atoms with van der Waals surface area (Å²) < 4.78 is 33.7. The molecule has 1 aromatic heterocycles. The van der Waals surface area contributed by atoms with E-state index in [0.717, 1.165) is 25.9 Å². The minimum absolute atomic E-state index is 0.246. The van der Waals surface area contributed by atoms with E-state index >= 15 is 0 Å². The average molecular weight is 375 g/mol. The monoisotopic (exact) mass is 375 g/mol. The Labute approximate surface area is 152 Å². The lowest BCUT2D eigenvalue weighted by Gasteiger charge is -2.37. The highest BCUT2D eigenvalue weighted by atomic mass is 32.2. The molecule has 26 heavy (non-hydrogen) atoms. The van der Waals surface area contributed by atoms with E-state index in [-0.39, 0.29) is 6.04 Å². The van der Waals surface area contributed by atoms with Gasteiger partial charge >= 0.3 is 0 Å². The van der Waals surface area contributed by atoms with Gasteiger partial charge in [0, 0.05) is 31.7 Å². The lowest BCUT2D eigenvalue weighted by molar-refractivity contribution is 0.145. The van der Waals surface area contributed by atoms with Crippen molar-refractivity contribution in [1.29, 1.82) is 0 Å². The zero-order valence-corrected chi connectivity index (χ0v) is 15.6. The van der Waals surface area contributed by atoms with Crippen LogP contribution in [0.1, 0.15) is 30.1 Å². The number of hydrogen-bond acceptors (Lipinski definition) is 7. The van der Waals surface area contributed by atoms with Crippen LogP contribution in [-0.2, 0) is 16.6 Å². The first-order chi connectivity index (χ1) is 12.4. The first-order valence-corrected chi connectivity index (χ1v) is 10.1. The predicted molar refractivity (Wildman–Crippen MR) is 95.3 cm³/mol. The van der Waals surface area contributed by atoms with Gasteiger partial charge in [0.1, 0.15) is 4.90 Å². The van der Waals surface area contributed by atoms with E-state index in [4.69, 9.17) is 4.52 Å². The van der Waals surface area contributed by atoms with Gasteiger partial charge in [-0.2, -0.15) is 13.4 Å². The number of benzene rings is 1. The molecule has 0 amide bonds. The maximum atomic E-state index is 12.3. The first kappa shape index (κ1) is 17.2. The van der Waals surface area contributed by atoms with Crippen LogP contribution in [0.25, 0.3) is 0 Å². The highest BCUT2D eigenvalue weighted by Gasteiger charge is 2.33. The molecule has 0 unspecified atom stereocenters. The quantitative estimate of drug-likeness (QED) is 0.801. The molecule has 2 aromatic rings. The molecule has 3 heterocycles. The zero-order valence-electron chi connectivity index (χ0n) is 14.8. The Morgan fingerprint density at radius 3 is 2.69 bits per heavy atom. The molecule has 1 saturated heterocycles. The van der Waals surface area contributed by atoms with Gasteiger partial charge < -0.3 is 9.42 Å². The largest absolute Gasteiger partial charge is 0.355 e. The second kappa shape index (κ2) is 6.48. The second-order valence-electron chi connectivity index (χ2n) is 6.74.